The van der Waals surface area contributed by atoms with Crippen LogP contribution in [0.25, 0.3) is 0 Å². The predicted octanol–water partition coefficient (Wildman–Crippen LogP) is 2.37. The lowest BCUT2D eigenvalue weighted by atomic mass is 10.1. The first-order chi connectivity index (χ1) is 13.5. The summed E-state index contributed by atoms with van der Waals surface area (Å²) < 4.78 is 21.4. The van der Waals surface area contributed by atoms with Crippen LogP contribution in [0.15, 0.2) is 36.4 Å². The summed E-state index contributed by atoms with van der Waals surface area (Å²) in [4.78, 5) is 23.4. The maximum absolute atomic E-state index is 12.1. The Morgan fingerprint density at radius 2 is 1.57 bits per heavy atom. The van der Waals surface area contributed by atoms with E-state index in [4.69, 9.17) is 18.9 Å². The molecule has 150 valence electrons. The lowest BCUT2D eigenvalue weighted by molar-refractivity contribution is -0.123. The highest BCUT2D eigenvalue weighted by molar-refractivity contribution is 5.90. The number of nitrogens with one attached hydrogen (secondary N) is 2. The SMILES string of the molecule is COc1cc(CNC(=O)COc2ccccc2NC(C)=O)cc(OC)c1OC. The van der Waals surface area contributed by atoms with Crippen LogP contribution in [0.2, 0.25) is 0 Å². The molecule has 0 heterocycles. The number of para-hydroxylation sites is 2. The summed E-state index contributed by atoms with van der Waals surface area (Å²) in [6.45, 7) is 1.47. The molecule has 2 aromatic carbocycles. The normalized spacial score (nSPS) is 10.0. The van der Waals surface area contributed by atoms with E-state index >= 15 is 0 Å². The standard InChI is InChI=1S/C20H24N2O6/c1-13(23)22-15-7-5-6-8-16(15)28-12-19(24)21-11-14-9-17(25-2)20(27-4)18(10-14)26-3/h5-10H,11-12H2,1-4H3,(H,21,24)(H,22,23). The number of hydrogen-bond donors (Lipinski definition) is 2. The molecule has 0 unspecified atom stereocenters. The molecular formula is C20H24N2O6. The quantitative estimate of drug-likeness (QED) is 0.685. The number of ether oxygens (including phenoxy) is 4. The van der Waals surface area contributed by atoms with Crippen molar-refractivity contribution in [1.82, 2.24) is 5.32 Å². The van der Waals surface area contributed by atoms with Crippen LogP contribution in [0.3, 0.4) is 0 Å². The molecular weight excluding hydrogens is 364 g/mol. The van der Waals surface area contributed by atoms with Gasteiger partial charge in [0.25, 0.3) is 5.91 Å². The van der Waals surface area contributed by atoms with Crippen LogP contribution in [0.5, 0.6) is 23.0 Å². The molecule has 2 aromatic rings. The number of amides is 2. The average molecular weight is 388 g/mol. The zero-order valence-electron chi connectivity index (χ0n) is 16.3. The lowest BCUT2D eigenvalue weighted by Crippen LogP contribution is -2.28. The highest BCUT2D eigenvalue weighted by atomic mass is 16.5. The molecule has 8 heteroatoms. The molecule has 0 saturated heterocycles. The van der Waals surface area contributed by atoms with Crippen molar-refractivity contribution in [3.63, 3.8) is 0 Å². The second-order valence-corrected chi connectivity index (χ2v) is 5.78. The van der Waals surface area contributed by atoms with E-state index in [1.807, 2.05) is 0 Å². The molecule has 0 bridgehead atoms. The minimum atomic E-state index is -0.314. The summed E-state index contributed by atoms with van der Waals surface area (Å²) >= 11 is 0. The fourth-order valence-corrected chi connectivity index (χ4v) is 2.52. The van der Waals surface area contributed by atoms with Crippen molar-refractivity contribution in [2.75, 3.05) is 33.3 Å². The summed E-state index contributed by atoms with van der Waals surface area (Å²) in [5.74, 6) is 1.38. The number of rotatable bonds is 9. The van der Waals surface area contributed by atoms with E-state index in [0.29, 0.717) is 28.7 Å². The topological polar surface area (TPSA) is 95.1 Å². The first-order valence-corrected chi connectivity index (χ1v) is 8.53. The Labute approximate surface area is 163 Å². The van der Waals surface area contributed by atoms with Crippen molar-refractivity contribution >= 4 is 17.5 Å². The third-order valence-electron chi connectivity index (χ3n) is 3.77. The van der Waals surface area contributed by atoms with Gasteiger partial charge in [0.15, 0.2) is 18.1 Å². The van der Waals surface area contributed by atoms with Crippen LogP contribution < -0.4 is 29.6 Å². The van der Waals surface area contributed by atoms with Gasteiger partial charge >= 0.3 is 0 Å². The van der Waals surface area contributed by atoms with Crippen molar-refractivity contribution in [2.24, 2.45) is 0 Å². The van der Waals surface area contributed by atoms with Gasteiger partial charge in [0.2, 0.25) is 11.7 Å². The summed E-state index contributed by atoms with van der Waals surface area (Å²) in [5, 5.41) is 5.42. The van der Waals surface area contributed by atoms with E-state index in [1.165, 1.54) is 28.3 Å². The summed E-state index contributed by atoms with van der Waals surface area (Å²) in [6.07, 6.45) is 0. The van der Waals surface area contributed by atoms with E-state index in [9.17, 15) is 9.59 Å². The maximum atomic E-state index is 12.1. The average Bonchev–Trinajstić information content (AvgIpc) is 2.70. The number of carbonyl (C=O) groups excluding carboxylic acids is 2. The highest BCUT2D eigenvalue weighted by Crippen LogP contribution is 2.38. The fourth-order valence-electron chi connectivity index (χ4n) is 2.52. The van der Waals surface area contributed by atoms with Gasteiger partial charge in [0.05, 0.1) is 27.0 Å². The van der Waals surface area contributed by atoms with Gasteiger partial charge in [-0.05, 0) is 29.8 Å². The van der Waals surface area contributed by atoms with E-state index in [-0.39, 0.29) is 25.0 Å². The molecule has 0 radical (unpaired) electrons. The molecule has 0 aliphatic rings. The first-order valence-electron chi connectivity index (χ1n) is 8.53. The Morgan fingerprint density at radius 1 is 0.929 bits per heavy atom. The van der Waals surface area contributed by atoms with Gasteiger partial charge in [-0.2, -0.15) is 0 Å². The van der Waals surface area contributed by atoms with Crippen LogP contribution in [0, 0.1) is 0 Å². The Morgan fingerprint density at radius 3 is 2.14 bits per heavy atom. The fraction of sp³-hybridized carbons (Fsp3) is 0.300. The van der Waals surface area contributed by atoms with Crippen LogP contribution in [0.4, 0.5) is 5.69 Å². The van der Waals surface area contributed by atoms with Gasteiger partial charge in [-0.1, -0.05) is 12.1 Å². The van der Waals surface area contributed by atoms with Gasteiger partial charge in [0.1, 0.15) is 5.75 Å². The van der Waals surface area contributed by atoms with Crippen molar-refractivity contribution in [3.8, 4) is 23.0 Å². The second kappa shape index (κ2) is 10.1. The third-order valence-corrected chi connectivity index (χ3v) is 3.77. The molecule has 0 aliphatic carbocycles. The molecule has 0 fully saturated rings. The Balaban J connectivity index is 1.97. The molecule has 0 atom stereocenters. The molecule has 2 rings (SSSR count). The van der Waals surface area contributed by atoms with Gasteiger partial charge < -0.3 is 29.6 Å². The number of benzene rings is 2. The second-order valence-electron chi connectivity index (χ2n) is 5.78. The monoisotopic (exact) mass is 388 g/mol. The minimum absolute atomic E-state index is 0.193. The number of methoxy groups -OCH3 is 3. The van der Waals surface area contributed by atoms with E-state index < -0.39 is 0 Å². The minimum Gasteiger partial charge on any atom is -0.493 e. The Hall–Kier alpha value is -3.42. The Bertz CT molecular complexity index is 812. The summed E-state index contributed by atoms with van der Waals surface area (Å²) in [5.41, 5.74) is 1.29. The molecule has 0 saturated carbocycles. The molecule has 2 amide bonds. The van der Waals surface area contributed by atoms with Crippen LogP contribution in [0.1, 0.15) is 12.5 Å². The van der Waals surface area contributed by atoms with Crippen LogP contribution >= 0.6 is 0 Å². The van der Waals surface area contributed by atoms with Gasteiger partial charge in [0, 0.05) is 13.5 Å². The first kappa shape index (κ1) is 20.9. The highest BCUT2D eigenvalue weighted by Gasteiger charge is 2.14. The van der Waals surface area contributed by atoms with Crippen LogP contribution in [-0.2, 0) is 16.1 Å². The molecule has 8 nitrogen and oxygen atoms in total. The smallest absolute Gasteiger partial charge is 0.258 e. The third kappa shape index (κ3) is 5.54. The predicted molar refractivity (Wildman–Crippen MR) is 104 cm³/mol. The summed E-state index contributed by atoms with van der Waals surface area (Å²) in [6, 6.07) is 10.4. The van der Waals surface area contributed by atoms with Gasteiger partial charge in [-0.25, -0.2) is 0 Å². The lowest BCUT2D eigenvalue weighted by Gasteiger charge is -2.15. The largest absolute Gasteiger partial charge is 0.493 e. The van der Waals surface area contributed by atoms with Gasteiger partial charge in [-0.3, -0.25) is 9.59 Å². The summed E-state index contributed by atoms with van der Waals surface area (Å²) in [7, 11) is 4.58. The number of hydrogen-bond acceptors (Lipinski definition) is 6. The molecule has 0 spiro atoms. The van der Waals surface area contributed by atoms with Crippen molar-refractivity contribution in [2.45, 2.75) is 13.5 Å². The van der Waals surface area contributed by atoms with Crippen LogP contribution in [-0.4, -0.2) is 39.8 Å². The maximum Gasteiger partial charge on any atom is 0.258 e. The molecule has 0 aliphatic heterocycles. The molecule has 2 N–H and O–H groups in total. The molecule has 0 aromatic heterocycles. The Kier molecular flexibility index (Phi) is 7.50. The number of carbonyl (C=O) groups is 2. The van der Waals surface area contributed by atoms with E-state index in [0.717, 1.165) is 5.56 Å². The molecule has 28 heavy (non-hydrogen) atoms. The zero-order chi connectivity index (χ0) is 20.5. The van der Waals surface area contributed by atoms with Gasteiger partial charge in [-0.15, -0.1) is 0 Å². The number of anilines is 1. The zero-order valence-corrected chi connectivity index (χ0v) is 16.3. The van der Waals surface area contributed by atoms with Crippen molar-refractivity contribution < 1.29 is 28.5 Å². The van der Waals surface area contributed by atoms with E-state index in [2.05, 4.69) is 10.6 Å². The van der Waals surface area contributed by atoms with Crippen molar-refractivity contribution in [1.29, 1.82) is 0 Å². The van der Waals surface area contributed by atoms with Crippen molar-refractivity contribution in [3.05, 3.63) is 42.0 Å². The van der Waals surface area contributed by atoms with E-state index in [1.54, 1.807) is 36.4 Å².